The SMILES string of the molecule is CCOC(=O)OC[C@@H]1C=C[C@@H](n2cnc3c(N(C(=O)OC(C)(C)C)C(=O)OC(C)(C)C)nc(Cl)cc32)C1. The van der Waals surface area contributed by atoms with Crippen LogP contribution in [-0.4, -0.2) is 57.3 Å². The molecule has 2 amide bonds. The number of imide groups is 1. The number of ether oxygens (including phenoxy) is 4. The first-order valence-corrected chi connectivity index (χ1v) is 12.3. The van der Waals surface area contributed by atoms with Gasteiger partial charge in [0.05, 0.1) is 24.5 Å². The highest BCUT2D eigenvalue weighted by atomic mass is 35.5. The molecule has 0 radical (unpaired) electrons. The molecule has 2 heterocycles. The van der Waals surface area contributed by atoms with Gasteiger partial charge in [0.25, 0.3) is 0 Å². The van der Waals surface area contributed by atoms with E-state index in [1.165, 1.54) is 0 Å². The summed E-state index contributed by atoms with van der Waals surface area (Å²) in [6.07, 6.45) is 3.48. The Hall–Kier alpha value is -3.34. The maximum absolute atomic E-state index is 13.1. The largest absolute Gasteiger partial charge is 0.508 e. The number of fused-ring (bicyclic) bond motifs is 1. The summed E-state index contributed by atoms with van der Waals surface area (Å²) in [6, 6.07) is 1.47. The molecule has 1 aliphatic rings. The molecule has 0 fully saturated rings. The van der Waals surface area contributed by atoms with Gasteiger partial charge in [0.15, 0.2) is 5.82 Å². The fourth-order valence-electron chi connectivity index (χ4n) is 3.68. The number of halogens is 1. The number of rotatable bonds is 5. The molecule has 12 heteroatoms. The van der Waals surface area contributed by atoms with Gasteiger partial charge >= 0.3 is 18.3 Å². The topological polar surface area (TPSA) is 122 Å². The lowest BCUT2D eigenvalue weighted by atomic mass is 10.1. The van der Waals surface area contributed by atoms with E-state index < -0.39 is 29.5 Å². The van der Waals surface area contributed by atoms with Crippen LogP contribution in [0.4, 0.5) is 20.2 Å². The van der Waals surface area contributed by atoms with Crippen LogP contribution in [0.25, 0.3) is 11.0 Å². The minimum Gasteiger partial charge on any atom is -0.443 e. The fourth-order valence-corrected chi connectivity index (χ4v) is 3.87. The fraction of sp³-hybridized carbons (Fsp3) is 0.560. The average Bonchev–Trinajstić information content (AvgIpc) is 3.36. The minimum atomic E-state index is -0.968. The number of carbonyl (C=O) groups is 3. The van der Waals surface area contributed by atoms with Crippen LogP contribution in [0.15, 0.2) is 24.5 Å². The molecule has 2 atom stereocenters. The number of allylic oxidation sites excluding steroid dienone is 1. The number of aromatic nitrogens is 3. The zero-order chi connectivity index (χ0) is 27.5. The molecule has 2 aromatic heterocycles. The number of anilines is 1. The lowest BCUT2D eigenvalue weighted by molar-refractivity contribution is 0.0427. The zero-order valence-electron chi connectivity index (χ0n) is 22.1. The number of imidazole rings is 1. The highest BCUT2D eigenvalue weighted by molar-refractivity contribution is 6.30. The first-order valence-electron chi connectivity index (χ1n) is 12.0. The van der Waals surface area contributed by atoms with Crippen molar-refractivity contribution in [2.45, 2.75) is 72.1 Å². The van der Waals surface area contributed by atoms with Crippen LogP contribution in [0.3, 0.4) is 0 Å². The summed E-state index contributed by atoms with van der Waals surface area (Å²) in [5.74, 6) is -0.127. The molecule has 2 aromatic rings. The van der Waals surface area contributed by atoms with Crippen LogP contribution >= 0.6 is 11.6 Å². The number of amides is 2. The Bertz CT molecular complexity index is 1170. The Morgan fingerprint density at radius 2 is 1.68 bits per heavy atom. The number of hydrogen-bond donors (Lipinski definition) is 0. The first-order chi connectivity index (χ1) is 17.2. The predicted molar refractivity (Wildman–Crippen MR) is 137 cm³/mol. The maximum atomic E-state index is 13.1. The maximum Gasteiger partial charge on any atom is 0.508 e. The van der Waals surface area contributed by atoms with Crippen molar-refractivity contribution in [2.24, 2.45) is 5.92 Å². The van der Waals surface area contributed by atoms with E-state index in [1.807, 2.05) is 16.7 Å². The Morgan fingerprint density at radius 3 is 2.24 bits per heavy atom. The number of nitrogens with zero attached hydrogens (tertiary/aromatic N) is 4. The van der Waals surface area contributed by atoms with Crippen molar-refractivity contribution in [3.8, 4) is 0 Å². The van der Waals surface area contributed by atoms with Crippen LogP contribution in [-0.2, 0) is 18.9 Å². The van der Waals surface area contributed by atoms with Gasteiger partial charge in [-0.15, -0.1) is 0 Å². The summed E-state index contributed by atoms with van der Waals surface area (Å²) in [4.78, 5) is 47.2. The molecule has 3 rings (SSSR count). The molecule has 1 aliphatic carbocycles. The van der Waals surface area contributed by atoms with Crippen LogP contribution in [0.5, 0.6) is 0 Å². The molecular formula is C25H33ClN4O7. The highest BCUT2D eigenvalue weighted by Gasteiger charge is 2.36. The first kappa shape index (κ1) is 28.2. The molecule has 11 nitrogen and oxygen atoms in total. The monoisotopic (exact) mass is 536 g/mol. The van der Waals surface area contributed by atoms with Gasteiger partial charge < -0.3 is 23.5 Å². The lowest BCUT2D eigenvalue weighted by Crippen LogP contribution is -2.44. The van der Waals surface area contributed by atoms with E-state index in [4.69, 9.17) is 30.5 Å². The summed E-state index contributed by atoms with van der Waals surface area (Å²) in [7, 11) is 0. The van der Waals surface area contributed by atoms with E-state index in [0.29, 0.717) is 16.8 Å². The Balaban J connectivity index is 1.95. The van der Waals surface area contributed by atoms with Crippen LogP contribution in [0.1, 0.15) is 60.9 Å². The van der Waals surface area contributed by atoms with Gasteiger partial charge in [-0.3, -0.25) is 0 Å². The molecule has 37 heavy (non-hydrogen) atoms. The van der Waals surface area contributed by atoms with Gasteiger partial charge in [-0.1, -0.05) is 23.8 Å². The van der Waals surface area contributed by atoms with Crippen LogP contribution in [0, 0.1) is 5.92 Å². The van der Waals surface area contributed by atoms with Crippen LogP contribution in [0.2, 0.25) is 5.15 Å². The molecule has 0 saturated heterocycles. The summed E-state index contributed by atoms with van der Waals surface area (Å²) >= 11 is 6.35. The predicted octanol–water partition coefficient (Wildman–Crippen LogP) is 6.05. The third-order valence-corrected chi connectivity index (χ3v) is 5.25. The van der Waals surface area contributed by atoms with E-state index in [9.17, 15) is 14.4 Å². The third-order valence-electron chi connectivity index (χ3n) is 5.06. The van der Waals surface area contributed by atoms with Crippen molar-refractivity contribution in [3.63, 3.8) is 0 Å². The van der Waals surface area contributed by atoms with Crippen molar-refractivity contribution in [2.75, 3.05) is 18.1 Å². The summed E-state index contributed by atoms with van der Waals surface area (Å²) in [5.41, 5.74) is -0.956. The Labute approximate surface area is 220 Å². The Morgan fingerprint density at radius 1 is 1.05 bits per heavy atom. The van der Waals surface area contributed by atoms with Gasteiger partial charge in [-0.05, 0) is 54.9 Å². The molecule has 202 valence electrons. The smallest absolute Gasteiger partial charge is 0.443 e. The van der Waals surface area contributed by atoms with Crippen molar-refractivity contribution < 1.29 is 33.3 Å². The van der Waals surface area contributed by atoms with Gasteiger partial charge in [-0.25, -0.2) is 24.4 Å². The molecule has 0 aromatic carbocycles. The molecule has 0 N–H and O–H groups in total. The number of hydrogen-bond acceptors (Lipinski definition) is 9. The van der Waals surface area contributed by atoms with Gasteiger partial charge in [0.2, 0.25) is 0 Å². The van der Waals surface area contributed by atoms with E-state index in [0.717, 1.165) is 0 Å². The third kappa shape index (κ3) is 7.34. The normalized spacial score (nSPS) is 17.5. The number of carbonyl (C=O) groups excluding carboxylic acids is 3. The zero-order valence-corrected chi connectivity index (χ0v) is 22.9. The van der Waals surface area contributed by atoms with E-state index in [2.05, 4.69) is 9.97 Å². The minimum absolute atomic E-state index is 0.0244. The van der Waals surface area contributed by atoms with Crippen molar-refractivity contribution in [3.05, 3.63) is 29.7 Å². The molecule has 0 spiro atoms. The van der Waals surface area contributed by atoms with Crippen molar-refractivity contribution in [1.29, 1.82) is 0 Å². The quantitative estimate of drug-likeness (QED) is 0.194. The summed E-state index contributed by atoms with van der Waals surface area (Å²) in [6.45, 7) is 12.2. The van der Waals surface area contributed by atoms with E-state index in [-0.39, 0.29) is 41.7 Å². The number of pyridine rings is 1. The van der Waals surface area contributed by atoms with Gasteiger partial charge in [0, 0.05) is 12.0 Å². The van der Waals surface area contributed by atoms with Gasteiger partial charge in [-0.2, -0.15) is 4.90 Å². The Kier molecular flexibility index (Phi) is 8.36. The van der Waals surface area contributed by atoms with E-state index >= 15 is 0 Å². The second-order valence-corrected chi connectivity index (χ2v) is 10.9. The van der Waals surface area contributed by atoms with Gasteiger partial charge in [0.1, 0.15) is 28.5 Å². The summed E-state index contributed by atoms with van der Waals surface area (Å²) < 4.78 is 22.7. The molecule has 0 bridgehead atoms. The molecular weight excluding hydrogens is 504 g/mol. The second kappa shape index (κ2) is 11.0. The van der Waals surface area contributed by atoms with Crippen molar-refractivity contribution in [1.82, 2.24) is 14.5 Å². The van der Waals surface area contributed by atoms with Crippen LogP contribution < -0.4 is 4.90 Å². The molecule has 0 aliphatic heterocycles. The second-order valence-electron chi connectivity index (χ2n) is 10.5. The lowest BCUT2D eigenvalue weighted by Gasteiger charge is -2.28. The summed E-state index contributed by atoms with van der Waals surface area (Å²) in [5, 5.41) is 0.0468. The average molecular weight is 537 g/mol. The standard InChI is InChI=1S/C25H33ClN4O7/c1-8-34-23(33)35-13-15-9-10-16(11-15)29-14-27-19-17(29)12-18(26)28-20(19)30(21(31)36-24(2,3)4)22(32)37-25(5,6)7/h9-10,12,14-16H,8,11,13H2,1-7H3/t15-,16-/m1/s1. The van der Waals surface area contributed by atoms with E-state index in [1.54, 1.807) is 60.9 Å². The highest BCUT2D eigenvalue weighted by Crippen LogP contribution is 2.35. The molecule has 0 saturated carbocycles. The molecule has 0 unspecified atom stereocenters. The van der Waals surface area contributed by atoms with Crippen molar-refractivity contribution >= 4 is 46.8 Å².